The molecule has 1 aromatic carbocycles. The van der Waals surface area contributed by atoms with E-state index in [1.54, 1.807) is 11.3 Å². The fourth-order valence-corrected chi connectivity index (χ4v) is 4.02. The Labute approximate surface area is 129 Å². The predicted molar refractivity (Wildman–Crippen MR) is 87.5 cm³/mol. The highest BCUT2D eigenvalue weighted by molar-refractivity contribution is 7.18. The maximum absolute atomic E-state index is 12.1. The maximum Gasteiger partial charge on any atom is 0.220 e. The van der Waals surface area contributed by atoms with E-state index in [-0.39, 0.29) is 5.91 Å². The molecule has 0 spiro atoms. The van der Waals surface area contributed by atoms with Crippen molar-refractivity contribution in [2.24, 2.45) is 5.92 Å². The van der Waals surface area contributed by atoms with Crippen molar-refractivity contribution < 1.29 is 4.79 Å². The molecule has 21 heavy (non-hydrogen) atoms. The van der Waals surface area contributed by atoms with Crippen molar-refractivity contribution in [3.8, 4) is 0 Å². The van der Waals surface area contributed by atoms with Crippen LogP contribution in [0, 0.1) is 5.92 Å². The molecule has 0 bridgehead atoms. The molecule has 112 valence electrons. The standard InChI is InChI=1S/C17H22N2OS/c1-12-6-2-3-7-13(12)18-16(20)10-11-17-19-14-8-4-5-9-15(14)21-17/h4-5,8-9,12-13H,2-3,6-7,10-11H2,1H3,(H,18,20)/t12-,13+/m1/s1. The van der Waals surface area contributed by atoms with Gasteiger partial charge in [0.15, 0.2) is 0 Å². The molecule has 0 radical (unpaired) electrons. The Morgan fingerprint density at radius 3 is 2.95 bits per heavy atom. The van der Waals surface area contributed by atoms with Crippen LogP contribution in [0.3, 0.4) is 0 Å². The van der Waals surface area contributed by atoms with E-state index >= 15 is 0 Å². The summed E-state index contributed by atoms with van der Waals surface area (Å²) in [5.74, 6) is 0.790. The second-order valence-electron chi connectivity index (χ2n) is 6.01. The number of para-hydroxylation sites is 1. The van der Waals surface area contributed by atoms with Gasteiger partial charge in [0.05, 0.1) is 15.2 Å². The van der Waals surface area contributed by atoms with Crippen LogP contribution in [0.5, 0.6) is 0 Å². The molecule has 1 heterocycles. The van der Waals surface area contributed by atoms with E-state index < -0.39 is 0 Å². The highest BCUT2D eigenvalue weighted by Crippen LogP contribution is 2.24. The zero-order valence-electron chi connectivity index (χ0n) is 12.5. The molecule has 4 heteroatoms. The lowest BCUT2D eigenvalue weighted by Gasteiger charge is -2.29. The topological polar surface area (TPSA) is 42.0 Å². The zero-order valence-corrected chi connectivity index (χ0v) is 13.3. The van der Waals surface area contributed by atoms with Gasteiger partial charge < -0.3 is 5.32 Å². The number of carbonyl (C=O) groups excluding carboxylic acids is 1. The summed E-state index contributed by atoms with van der Waals surface area (Å²) >= 11 is 1.69. The van der Waals surface area contributed by atoms with Crippen molar-refractivity contribution in [1.82, 2.24) is 10.3 Å². The molecule has 3 rings (SSSR count). The first kappa shape index (κ1) is 14.5. The maximum atomic E-state index is 12.1. The second kappa shape index (κ2) is 6.56. The van der Waals surface area contributed by atoms with E-state index in [0.717, 1.165) is 23.4 Å². The van der Waals surface area contributed by atoms with Gasteiger partial charge in [-0.3, -0.25) is 4.79 Å². The van der Waals surface area contributed by atoms with Crippen LogP contribution in [-0.2, 0) is 11.2 Å². The van der Waals surface area contributed by atoms with Crippen LogP contribution in [0.2, 0.25) is 0 Å². The molecule has 1 aliphatic rings. The molecule has 1 saturated carbocycles. The smallest absolute Gasteiger partial charge is 0.220 e. The first-order valence-electron chi connectivity index (χ1n) is 7.86. The van der Waals surface area contributed by atoms with Gasteiger partial charge in [-0.05, 0) is 30.9 Å². The lowest BCUT2D eigenvalue weighted by molar-refractivity contribution is -0.122. The largest absolute Gasteiger partial charge is 0.353 e. The van der Waals surface area contributed by atoms with Crippen LogP contribution < -0.4 is 5.32 Å². The summed E-state index contributed by atoms with van der Waals surface area (Å²) in [6, 6.07) is 8.52. The van der Waals surface area contributed by atoms with Crippen LogP contribution >= 0.6 is 11.3 Å². The van der Waals surface area contributed by atoms with Crippen LogP contribution in [0.15, 0.2) is 24.3 Å². The average molecular weight is 302 g/mol. The molecule has 3 nitrogen and oxygen atoms in total. The lowest BCUT2D eigenvalue weighted by atomic mass is 9.86. The number of amides is 1. The molecule has 0 aliphatic heterocycles. The first-order valence-corrected chi connectivity index (χ1v) is 8.68. The summed E-state index contributed by atoms with van der Waals surface area (Å²) in [6.45, 7) is 2.25. The number of thiazole rings is 1. The van der Waals surface area contributed by atoms with Gasteiger partial charge >= 0.3 is 0 Å². The Morgan fingerprint density at radius 1 is 1.33 bits per heavy atom. The van der Waals surface area contributed by atoms with Crippen molar-refractivity contribution >= 4 is 27.5 Å². The molecule has 1 aliphatic carbocycles. The van der Waals surface area contributed by atoms with Gasteiger partial charge in [-0.15, -0.1) is 11.3 Å². The molecule has 0 saturated heterocycles. The van der Waals surface area contributed by atoms with Crippen LogP contribution in [0.1, 0.15) is 44.0 Å². The average Bonchev–Trinajstić information content (AvgIpc) is 2.90. The third-order valence-electron chi connectivity index (χ3n) is 4.36. The number of hydrogen-bond acceptors (Lipinski definition) is 3. The summed E-state index contributed by atoms with van der Waals surface area (Å²) in [7, 11) is 0. The number of rotatable bonds is 4. The number of benzene rings is 1. The number of nitrogens with one attached hydrogen (secondary N) is 1. The van der Waals surface area contributed by atoms with E-state index in [9.17, 15) is 4.79 Å². The van der Waals surface area contributed by atoms with E-state index in [0.29, 0.717) is 18.4 Å². The Kier molecular flexibility index (Phi) is 4.54. The zero-order chi connectivity index (χ0) is 14.7. The third kappa shape index (κ3) is 3.62. The molecule has 0 unspecified atom stereocenters. The number of aryl methyl sites for hydroxylation is 1. The highest BCUT2D eigenvalue weighted by atomic mass is 32.1. The Balaban J connectivity index is 1.53. The van der Waals surface area contributed by atoms with Gasteiger partial charge in [-0.2, -0.15) is 0 Å². The number of carbonyl (C=O) groups is 1. The van der Waals surface area contributed by atoms with Crippen molar-refractivity contribution in [1.29, 1.82) is 0 Å². The van der Waals surface area contributed by atoms with Crippen molar-refractivity contribution in [3.05, 3.63) is 29.3 Å². The van der Waals surface area contributed by atoms with E-state index in [1.807, 2.05) is 18.2 Å². The summed E-state index contributed by atoms with van der Waals surface area (Å²) in [5.41, 5.74) is 1.04. The van der Waals surface area contributed by atoms with E-state index in [1.165, 1.54) is 24.0 Å². The van der Waals surface area contributed by atoms with E-state index in [4.69, 9.17) is 0 Å². The molecule has 2 aromatic rings. The highest BCUT2D eigenvalue weighted by Gasteiger charge is 2.22. The van der Waals surface area contributed by atoms with Gasteiger partial charge in [0.25, 0.3) is 0 Å². The summed E-state index contributed by atoms with van der Waals surface area (Å²) in [4.78, 5) is 16.7. The molecule has 1 fully saturated rings. The molecule has 1 amide bonds. The second-order valence-corrected chi connectivity index (χ2v) is 7.13. The minimum absolute atomic E-state index is 0.174. The van der Waals surface area contributed by atoms with Crippen molar-refractivity contribution in [3.63, 3.8) is 0 Å². The van der Waals surface area contributed by atoms with Gasteiger partial charge in [0.1, 0.15) is 0 Å². The van der Waals surface area contributed by atoms with Gasteiger partial charge in [0, 0.05) is 18.9 Å². The SMILES string of the molecule is C[C@@H]1CCCC[C@@H]1NC(=O)CCc1nc2ccccc2s1. The molecular weight excluding hydrogens is 280 g/mol. The third-order valence-corrected chi connectivity index (χ3v) is 5.46. The molecule has 1 N–H and O–H groups in total. The Morgan fingerprint density at radius 2 is 2.14 bits per heavy atom. The fraction of sp³-hybridized carbons (Fsp3) is 0.529. The number of fused-ring (bicyclic) bond motifs is 1. The van der Waals surface area contributed by atoms with Gasteiger partial charge in [0.2, 0.25) is 5.91 Å². The van der Waals surface area contributed by atoms with Crippen LogP contribution in [-0.4, -0.2) is 16.9 Å². The lowest BCUT2D eigenvalue weighted by Crippen LogP contribution is -2.41. The molecule has 2 atom stereocenters. The monoisotopic (exact) mass is 302 g/mol. The minimum Gasteiger partial charge on any atom is -0.353 e. The summed E-state index contributed by atoms with van der Waals surface area (Å²) < 4.78 is 1.20. The minimum atomic E-state index is 0.174. The quantitative estimate of drug-likeness (QED) is 0.930. The van der Waals surface area contributed by atoms with Crippen LogP contribution in [0.4, 0.5) is 0 Å². The van der Waals surface area contributed by atoms with Crippen molar-refractivity contribution in [2.45, 2.75) is 51.5 Å². The summed E-state index contributed by atoms with van der Waals surface area (Å²) in [6.07, 6.45) is 6.21. The van der Waals surface area contributed by atoms with Crippen LogP contribution in [0.25, 0.3) is 10.2 Å². The summed E-state index contributed by atoms with van der Waals surface area (Å²) in [5, 5.41) is 4.27. The molecular formula is C17H22N2OS. The fourth-order valence-electron chi connectivity index (χ4n) is 3.06. The predicted octanol–water partition coefficient (Wildman–Crippen LogP) is 3.92. The number of aromatic nitrogens is 1. The first-order chi connectivity index (χ1) is 10.2. The molecule has 1 aromatic heterocycles. The Bertz CT molecular complexity index is 589. The van der Waals surface area contributed by atoms with Gasteiger partial charge in [-0.1, -0.05) is 31.9 Å². The number of nitrogens with zero attached hydrogens (tertiary/aromatic N) is 1. The van der Waals surface area contributed by atoms with E-state index in [2.05, 4.69) is 23.3 Å². The van der Waals surface area contributed by atoms with Gasteiger partial charge in [-0.25, -0.2) is 4.98 Å². The Hall–Kier alpha value is -1.42. The number of hydrogen-bond donors (Lipinski definition) is 1. The normalized spacial score (nSPS) is 22.3. The van der Waals surface area contributed by atoms with Crippen molar-refractivity contribution in [2.75, 3.05) is 0 Å².